The fourth-order valence-corrected chi connectivity index (χ4v) is 4.13. The predicted molar refractivity (Wildman–Crippen MR) is 99.3 cm³/mol. The summed E-state index contributed by atoms with van der Waals surface area (Å²) in [6.45, 7) is 0.258. The summed E-state index contributed by atoms with van der Waals surface area (Å²) in [7, 11) is -3.70. The fraction of sp³-hybridized carbons (Fsp3) is 0.263. The molecule has 5 nitrogen and oxygen atoms in total. The van der Waals surface area contributed by atoms with Crippen molar-refractivity contribution in [1.82, 2.24) is 4.31 Å². The minimum atomic E-state index is -3.70. The van der Waals surface area contributed by atoms with E-state index in [1.54, 1.807) is 36.4 Å². The molecule has 7 heteroatoms. The first kappa shape index (κ1) is 18.8. The van der Waals surface area contributed by atoms with Crippen molar-refractivity contribution in [3.05, 3.63) is 78.1 Å². The minimum Gasteiger partial charge on any atom is -0.468 e. The Morgan fingerprint density at radius 1 is 0.885 bits per heavy atom. The minimum absolute atomic E-state index is 0.129. The summed E-state index contributed by atoms with van der Waals surface area (Å²) in [6, 6.07) is 13.9. The Morgan fingerprint density at radius 3 is 1.92 bits per heavy atom. The van der Waals surface area contributed by atoms with Crippen LogP contribution >= 0.6 is 11.6 Å². The van der Waals surface area contributed by atoms with Gasteiger partial charge in [0.2, 0.25) is 10.0 Å². The Hall–Kier alpha value is -2.02. The zero-order chi connectivity index (χ0) is 18.4. The van der Waals surface area contributed by atoms with E-state index in [1.807, 2.05) is 12.1 Å². The van der Waals surface area contributed by atoms with Crippen LogP contribution in [-0.2, 0) is 29.5 Å². The number of aryl methyl sites for hydroxylation is 1. The van der Waals surface area contributed by atoms with Crippen LogP contribution in [0.4, 0.5) is 0 Å². The molecule has 0 saturated carbocycles. The first-order chi connectivity index (χ1) is 12.6. The number of hydrogen-bond acceptors (Lipinski definition) is 4. The Labute approximate surface area is 158 Å². The molecule has 3 aromatic rings. The molecule has 0 aliphatic rings. The zero-order valence-corrected chi connectivity index (χ0v) is 15.7. The van der Waals surface area contributed by atoms with Gasteiger partial charge < -0.3 is 8.83 Å². The van der Waals surface area contributed by atoms with Crippen LogP contribution in [0.25, 0.3) is 0 Å². The molecule has 2 heterocycles. The molecule has 2 aromatic heterocycles. The predicted octanol–water partition coefficient (Wildman–Crippen LogP) is 4.44. The average molecular weight is 394 g/mol. The Morgan fingerprint density at radius 2 is 1.46 bits per heavy atom. The molecule has 0 unspecified atom stereocenters. The molecule has 0 aliphatic heterocycles. The van der Waals surface area contributed by atoms with Crippen LogP contribution in [0.1, 0.15) is 23.5 Å². The number of furan rings is 2. The largest absolute Gasteiger partial charge is 0.468 e. The molecule has 0 aliphatic carbocycles. The number of halogens is 1. The molecule has 0 atom stereocenters. The zero-order valence-electron chi connectivity index (χ0n) is 14.2. The summed E-state index contributed by atoms with van der Waals surface area (Å²) in [5.74, 6) is 1.72. The maximum absolute atomic E-state index is 13.1. The van der Waals surface area contributed by atoms with Gasteiger partial charge in [-0.1, -0.05) is 12.1 Å². The topological polar surface area (TPSA) is 63.7 Å². The van der Waals surface area contributed by atoms with E-state index in [4.69, 9.17) is 20.4 Å². The number of rotatable bonds is 9. The van der Waals surface area contributed by atoms with E-state index in [2.05, 4.69) is 0 Å². The lowest BCUT2D eigenvalue weighted by atomic mass is 10.1. The SMILES string of the molecule is O=S(=O)(c1ccc(CCCCl)cc1)N(Cc1ccco1)Cc1ccco1. The highest BCUT2D eigenvalue weighted by molar-refractivity contribution is 7.89. The lowest BCUT2D eigenvalue weighted by Gasteiger charge is -2.20. The lowest BCUT2D eigenvalue weighted by Crippen LogP contribution is -2.30. The second kappa shape index (κ2) is 8.58. The summed E-state index contributed by atoms with van der Waals surface area (Å²) < 4.78 is 38.3. The maximum Gasteiger partial charge on any atom is 0.243 e. The van der Waals surface area contributed by atoms with Crippen molar-refractivity contribution < 1.29 is 17.3 Å². The van der Waals surface area contributed by atoms with Crippen molar-refractivity contribution in [1.29, 1.82) is 0 Å². The number of sulfonamides is 1. The molecular formula is C19H20ClNO4S. The molecule has 1 aromatic carbocycles. The molecule has 0 N–H and O–H groups in total. The van der Waals surface area contributed by atoms with Crippen molar-refractivity contribution in [2.75, 3.05) is 5.88 Å². The second-order valence-corrected chi connectivity index (χ2v) is 8.18. The molecule has 0 amide bonds. The van der Waals surface area contributed by atoms with Crippen LogP contribution in [-0.4, -0.2) is 18.6 Å². The van der Waals surface area contributed by atoms with E-state index < -0.39 is 10.0 Å². The molecule has 0 spiro atoms. The summed E-state index contributed by atoms with van der Waals surface area (Å²) >= 11 is 5.71. The van der Waals surface area contributed by atoms with Gasteiger partial charge in [0.05, 0.1) is 30.5 Å². The summed E-state index contributed by atoms with van der Waals surface area (Å²) in [6.07, 6.45) is 4.74. The molecule has 26 heavy (non-hydrogen) atoms. The van der Waals surface area contributed by atoms with Crippen molar-refractivity contribution in [3.8, 4) is 0 Å². The number of alkyl halides is 1. The van der Waals surface area contributed by atoms with Crippen molar-refractivity contribution in [3.63, 3.8) is 0 Å². The molecule has 3 rings (SSSR count). The maximum atomic E-state index is 13.1. The third-order valence-corrected chi connectivity index (χ3v) is 6.06. The highest BCUT2D eigenvalue weighted by Crippen LogP contribution is 2.22. The Kier molecular flexibility index (Phi) is 6.19. The third-order valence-electron chi connectivity index (χ3n) is 3.98. The van der Waals surface area contributed by atoms with Gasteiger partial charge in [0.1, 0.15) is 11.5 Å². The Bertz CT molecular complexity index is 851. The third kappa shape index (κ3) is 4.58. The van der Waals surface area contributed by atoms with Gasteiger partial charge in [-0.25, -0.2) is 8.42 Å². The molecule has 0 saturated heterocycles. The molecule has 0 bridgehead atoms. The first-order valence-corrected chi connectivity index (χ1v) is 10.3. The van der Waals surface area contributed by atoms with Crippen molar-refractivity contribution >= 4 is 21.6 Å². The van der Waals surface area contributed by atoms with Crippen LogP contribution < -0.4 is 0 Å². The van der Waals surface area contributed by atoms with Crippen LogP contribution in [0.15, 0.2) is 74.8 Å². The highest BCUT2D eigenvalue weighted by atomic mass is 35.5. The smallest absolute Gasteiger partial charge is 0.243 e. The van der Waals surface area contributed by atoms with E-state index >= 15 is 0 Å². The van der Waals surface area contributed by atoms with Gasteiger partial charge in [0.15, 0.2) is 0 Å². The average Bonchev–Trinajstić information content (AvgIpc) is 3.34. The van der Waals surface area contributed by atoms with Crippen LogP contribution in [0.3, 0.4) is 0 Å². The highest BCUT2D eigenvalue weighted by Gasteiger charge is 2.26. The standard InChI is InChI=1S/C19H20ClNO4S/c20-11-1-4-16-7-9-19(10-8-16)26(22,23)21(14-17-5-2-12-24-17)15-18-6-3-13-25-18/h2-3,5-10,12-13H,1,4,11,14-15H2. The number of hydrogen-bond donors (Lipinski definition) is 0. The van der Waals surface area contributed by atoms with E-state index in [-0.39, 0.29) is 18.0 Å². The van der Waals surface area contributed by atoms with Crippen LogP contribution in [0.2, 0.25) is 0 Å². The number of nitrogens with zero attached hydrogens (tertiary/aromatic N) is 1. The lowest BCUT2D eigenvalue weighted by molar-refractivity contribution is 0.330. The Balaban J connectivity index is 1.85. The monoisotopic (exact) mass is 393 g/mol. The van der Waals surface area contributed by atoms with Gasteiger partial charge in [0, 0.05) is 5.88 Å². The van der Waals surface area contributed by atoms with Gasteiger partial charge >= 0.3 is 0 Å². The van der Waals surface area contributed by atoms with Crippen molar-refractivity contribution in [2.45, 2.75) is 30.8 Å². The quantitative estimate of drug-likeness (QED) is 0.504. The van der Waals surface area contributed by atoms with Crippen LogP contribution in [0.5, 0.6) is 0 Å². The molecule has 138 valence electrons. The van der Waals surface area contributed by atoms with Gasteiger partial charge in [0.25, 0.3) is 0 Å². The van der Waals surface area contributed by atoms with E-state index in [0.29, 0.717) is 17.4 Å². The second-order valence-electron chi connectivity index (χ2n) is 5.87. The molecule has 0 fully saturated rings. The number of benzene rings is 1. The first-order valence-electron chi connectivity index (χ1n) is 8.29. The fourth-order valence-electron chi connectivity index (χ4n) is 2.63. The van der Waals surface area contributed by atoms with E-state index in [9.17, 15) is 8.42 Å². The van der Waals surface area contributed by atoms with Gasteiger partial charge in [-0.15, -0.1) is 11.6 Å². The summed E-state index contributed by atoms with van der Waals surface area (Å²) in [4.78, 5) is 0.241. The normalized spacial score (nSPS) is 11.9. The van der Waals surface area contributed by atoms with E-state index in [1.165, 1.54) is 16.8 Å². The van der Waals surface area contributed by atoms with Gasteiger partial charge in [-0.05, 0) is 54.8 Å². The summed E-state index contributed by atoms with van der Waals surface area (Å²) in [5, 5.41) is 0. The van der Waals surface area contributed by atoms with E-state index in [0.717, 1.165) is 18.4 Å². The van der Waals surface area contributed by atoms with Crippen LogP contribution in [0, 0.1) is 0 Å². The summed E-state index contributed by atoms with van der Waals surface area (Å²) in [5.41, 5.74) is 1.06. The van der Waals surface area contributed by atoms with Gasteiger partial charge in [-0.3, -0.25) is 0 Å². The molecule has 0 radical (unpaired) electrons. The molecular weight excluding hydrogens is 374 g/mol. The van der Waals surface area contributed by atoms with Crippen molar-refractivity contribution in [2.24, 2.45) is 0 Å². The van der Waals surface area contributed by atoms with Gasteiger partial charge in [-0.2, -0.15) is 4.31 Å².